The van der Waals surface area contributed by atoms with Crippen LogP contribution in [0.3, 0.4) is 0 Å². The molecular formula is C13H18O4. The van der Waals surface area contributed by atoms with Gasteiger partial charge < -0.3 is 15.3 Å². The fraction of sp³-hybridized carbons (Fsp3) is 0.462. The molecule has 0 saturated carbocycles. The first-order valence-electron chi connectivity index (χ1n) is 5.85. The second-order valence-electron chi connectivity index (χ2n) is 4.09. The topological polar surface area (TPSA) is 77.8 Å². The largest absolute Gasteiger partial charge is 0.504 e. The highest BCUT2D eigenvalue weighted by molar-refractivity contribution is 5.92. The zero-order valence-corrected chi connectivity index (χ0v) is 9.94. The lowest BCUT2D eigenvalue weighted by molar-refractivity contribution is 0.0693. The predicted molar refractivity (Wildman–Crippen MR) is 64.6 cm³/mol. The molecule has 1 aromatic carbocycles. The van der Waals surface area contributed by atoms with Crippen molar-refractivity contribution in [3.63, 3.8) is 0 Å². The standard InChI is InChI=1S/C13H18O4/c1-2-3-4-5-6-9-7-8-10(13(16)17)12(15)11(9)14/h7-8,14-15H,2-6H2,1H3,(H,16,17). The summed E-state index contributed by atoms with van der Waals surface area (Å²) < 4.78 is 0. The Morgan fingerprint density at radius 2 is 1.82 bits per heavy atom. The van der Waals surface area contributed by atoms with Gasteiger partial charge in [0.05, 0.1) is 0 Å². The summed E-state index contributed by atoms with van der Waals surface area (Å²) in [5.41, 5.74) is 0.336. The Bertz CT molecular complexity index is 399. The van der Waals surface area contributed by atoms with Gasteiger partial charge in [0.25, 0.3) is 0 Å². The molecule has 0 amide bonds. The van der Waals surface area contributed by atoms with E-state index in [1.807, 2.05) is 0 Å². The number of aryl methyl sites for hydroxylation is 1. The Balaban J connectivity index is 2.75. The van der Waals surface area contributed by atoms with Gasteiger partial charge in [0.15, 0.2) is 11.5 Å². The van der Waals surface area contributed by atoms with Crippen LogP contribution in [0.2, 0.25) is 0 Å². The molecule has 4 heteroatoms. The molecule has 0 saturated heterocycles. The van der Waals surface area contributed by atoms with Crippen LogP contribution in [0.15, 0.2) is 12.1 Å². The van der Waals surface area contributed by atoms with Gasteiger partial charge in [0, 0.05) is 0 Å². The van der Waals surface area contributed by atoms with Crippen LogP contribution in [-0.4, -0.2) is 21.3 Å². The third kappa shape index (κ3) is 3.37. The van der Waals surface area contributed by atoms with E-state index in [4.69, 9.17) is 5.11 Å². The van der Waals surface area contributed by atoms with Gasteiger partial charge >= 0.3 is 5.97 Å². The van der Waals surface area contributed by atoms with Crippen molar-refractivity contribution in [2.45, 2.75) is 39.0 Å². The summed E-state index contributed by atoms with van der Waals surface area (Å²) in [6, 6.07) is 2.89. The molecule has 0 atom stereocenters. The molecule has 0 heterocycles. The predicted octanol–water partition coefficient (Wildman–Crippen LogP) is 2.92. The molecule has 4 nitrogen and oxygen atoms in total. The number of rotatable bonds is 6. The lowest BCUT2D eigenvalue weighted by atomic mass is 10.0. The number of phenols is 2. The van der Waals surface area contributed by atoms with E-state index in [2.05, 4.69) is 6.92 Å². The first kappa shape index (κ1) is 13.4. The monoisotopic (exact) mass is 238 g/mol. The Labute approximate surface area is 101 Å². The molecule has 0 radical (unpaired) electrons. The number of benzene rings is 1. The maximum atomic E-state index is 10.7. The number of hydrogen-bond acceptors (Lipinski definition) is 3. The summed E-state index contributed by atoms with van der Waals surface area (Å²) in [6.45, 7) is 2.12. The number of carboxylic acids is 1. The minimum Gasteiger partial charge on any atom is -0.504 e. The van der Waals surface area contributed by atoms with E-state index < -0.39 is 11.7 Å². The maximum Gasteiger partial charge on any atom is 0.339 e. The van der Waals surface area contributed by atoms with E-state index in [0.717, 1.165) is 25.7 Å². The second-order valence-corrected chi connectivity index (χ2v) is 4.09. The molecule has 17 heavy (non-hydrogen) atoms. The van der Waals surface area contributed by atoms with Crippen molar-refractivity contribution in [3.8, 4) is 11.5 Å². The van der Waals surface area contributed by atoms with E-state index in [-0.39, 0.29) is 11.3 Å². The second kappa shape index (κ2) is 6.13. The average molecular weight is 238 g/mol. The highest BCUT2D eigenvalue weighted by atomic mass is 16.4. The van der Waals surface area contributed by atoms with E-state index in [1.54, 1.807) is 6.07 Å². The number of carboxylic acid groups (broad SMARTS) is 1. The molecule has 0 aliphatic carbocycles. The fourth-order valence-corrected chi connectivity index (χ4v) is 1.74. The molecule has 3 N–H and O–H groups in total. The van der Waals surface area contributed by atoms with Crippen molar-refractivity contribution < 1.29 is 20.1 Å². The van der Waals surface area contributed by atoms with Gasteiger partial charge in [-0.25, -0.2) is 4.79 Å². The van der Waals surface area contributed by atoms with Crippen LogP contribution >= 0.6 is 0 Å². The van der Waals surface area contributed by atoms with E-state index in [9.17, 15) is 15.0 Å². The number of aromatic carboxylic acids is 1. The van der Waals surface area contributed by atoms with Crippen molar-refractivity contribution in [2.75, 3.05) is 0 Å². The van der Waals surface area contributed by atoms with Crippen molar-refractivity contribution >= 4 is 5.97 Å². The Morgan fingerprint density at radius 1 is 1.12 bits per heavy atom. The number of aromatic hydroxyl groups is 2. The summed E-state index contributed by atoms with van der Waals surface area (Å²) in [5.74, 6) is -2.08. The summed E-state index contributed by atoms with van der Waals surface area (Å²) in [6.07, 6.45) is 4.92. The molecule has 0 aliphatic rings. The smallest absolute Gasteiger partial charge is 0.339 e. The lowest BCUT2D eigenvalue weighted by Crippen LogP contribution is -1.98. The van der Waals surface area contributed by atoms with Crippen LogP contribution in [-0.2, 0) is 6.42 Å². The van der Waals surface area contributed by atoms with Crippen molar-refractivity contribution in [1.29, 1.82) is 0 Å². The summed E-state index contributed by atoms with van der Waals surface area (Å²) in [7, 11) is 0. The van der Waals surface area contributed by atoms with E-state index >= 15 is 0 Å². The van der Waals surface area contributed by atoms with E-state index in [0.29, 0.717) is 12.0 Å². The number of phenolic OH excluding ortho intramolecular Hbond substituents is 1. The highest BCUT2D eigenvalue weighted by Gasteiger charge is 2.15. The summed E-state index contributed by atoms with van der Waals surface area (Å²) >= 11 is 0. The Morgan fingerprint density at radius 3 is 2.41 bits per heavy atom. The SMILES string of the molecule is CCCCCCc1ccc(C(=O)O)c(O)c1O. The molecule has 0 aromatic heterocycles. The Hall–Kier alpha value is -1.71. The van der Waals surface area contributed by atoms with Gasteiger partial charge in [0.1, 0.15) is 5.56 Å². The van der Waals surface area contributed by atoms with Gasteiger partial charge in [-0.1, -0.05) is 32.3 Å². The zero-order valence-electron chi connectivity index (χ0n) is 9.94. The number of hydrogen-bond donors (Lipinski definition) is 3. The Kier molecular flexibility index (Phi) is 4.82. The van der Waals surface area contributed by atoms with Gasteiger partial charge in [-0.2, -0.15) is 0 Å². The molecule has 0 fully saturated rings. The van der Waals surface area contributed by atoms with Crippen LogP contribution in [0, 0.1) is 0 Å². The highest BCUT2D eigenvalue weighted by Crippen LogP contribution is 2.33. The van der Waals surface area contributed by atoms with Gasteiger partial charge in [-0.3, -0.25) is 0 Å². The normalized spacial score (nSPS) is 10.4. The number of unbranched alkanes of at least 4 members (excludes halogenated alkanes) is 3. The molecule has 94 valence electrons. The van der Waals surface area contributed by atoms with Crippen molar-refractivity contribution in [1.82, 2.24) is 0 Å². The summed E-state index contributed by atoms with van der Waals surface area (Å²) in [5, 5.41) is 27.9. The van der Waals surface area contributed by atoms with Crippen LogP contribution in [0.1, 0.15) is 48.5 Å². The third-order valence-corrected chi connectivity index (χ3v) is 2.76. The molecule has 1 aromatic rings. The quantitative estimate of drug-likeness (QED) is 0.526. The minimum absolute atomic E-state index is 0.264. The lowest BCUT2D eigenvalue weighted by Gasteiger charge is -2.08. The van der Waals surface area contributed by atoms with Crippen molar-refractivity contribution in [3.05, 3.63) is 23.3 Å². The molecule has 0 spiro atoms. The van der Waals surface area contributed by atoms with Gasteiger partial charge in [-0.15, -0.1) is 0 Å². The van der Waals surface area contributed by atoms with Crippen LogP contribution in [0.4, 0.5) is 0 Å². The van der Waals surface area contributed by atoms with Crippen LogP contribution in [0.5, 0.6) is 11.5 Å². The minimum atomic E-state index is -1.24. The molecule has 1 rings (SSSR count). The number of carbonyl (C=O) groups is 1. The fourth-order valence-electron chi connectivity index (χ4n) is 1.74. The van der Waals surface area contributed by atoms with E-state index in [1.165, 1.54) is 6.07 Å². The van der Waals surface area contributed by atoms with Gasteiger partial charge in [-0.05, 0) is 24.5 Å². The van der Waals surface area contributed by atoms with Crippen LogP contribution in [0.25, 0.3) is 0 Å². The molecular weight excluding hydrogens is 220 g/mol. The maximum absolute atomic E-state index is 10.7. The van der Waals surface area contributed by atoms with Crippen LogP contribution < -0.4 is 0 Å². The first-order chi connectivity index (χ1) is 8.07. The molecule has 0 unspecified atom stereocenters. The average Bonchev–Trinajstić information content (AvgIpc) is 2.29. The third-order valence-electron chi connectivity index (χ3n) is 2.76. The summed E-state index contributed by atoms with van der Waals surface area (Å²) in [4.78, 5) is 10.7. The first-order valence-corrected chi connectivity index (χ1v) is 5.85. The van der Waals surface area contributed by atoms with Crippen molar-refractivity contribution in [2.24, 2.45) is 0 Å². The molecule has 0 bridgehead atoms. The zero-order chi connectivity index (χ0) is 12.8. The molecule has 0 aliphatic heterocycles. The van der Waals surface area contributed by atoms with Gasteiger partial charge in [0.2, 0.25) is 0 Å².